The highest BCUT2D eigenvalue weighted by Crippen LogP contribution is 2.32. The number of nitrogens with one attached hydrogen (secondary N) is 1. The number of aryl methyl sites for hydroxylation is 2. The van der Waals surface area contributed by atoms with E-state index in [4.69, 9.17) is 19.6 Å². The van der Waals surface area contributed by atoms with Crippen LogP contribution in [0.1, 0.15) is 23.6 Å². The minimum absolute atomic E-state index is 0.0270. The van der Waals surface area contributed by atoms with Crippen LogP contribution in [0.2, 0.25) is 0 Å². The summed E-state index contributed by atoms with van der Waals surface area (Å²) in [7, 11) is -3.60. The van der Waals surface area contributed by atoms with Gasteiger partial charge in [0.05, 0.1) is 12.2 Å². The number of thioether (sulfide) groups is 1. The molecule has 0 saturated carbocycles. The lowest BCUT2D eigenvalue weighted by atomic mass is 10.1. The van der Waals surface area contributed by atoms with Crippen LogP contribution in [0.25, 0.3) is 6.08 Å². The number of carbonyl (C=O) groups excluding carboxylic acids is 1. The van der Waals surface area contributed by atoms with Gasteiger partial charge in [-0.05, 0) is 73.5 Å². The molecule has 0 radical (unpaired) electrons. The largest absolute Gasteiger partial charge is 0.490 e. The SMILES string of the molecule is CCOc1cc(/C=C2/C(=N)N3N=C(S(C)(=O)=O)SC3=NC2=O)ccc1OCCOc1cc(C)ccc1C. The zero-order valence-electron chi connectivity index (χ0n) is 20.8. The summed E-state index contributed by atoms with van der Waals surface area (Å²) >= 11 is 0.740. The van der Waals surface area contributed by atoms with E-state index in [9.17, 15) is 13.2 Å². The summed E-state index contributed by atoms with van der Waals surface area (Å²) in [6, 6.07) is 11.2. The lowest BCUT2D eigenvalue weighted by molar-refractivity contribution is -0.114. The van der Waals surface area contributed by atoms with Crippen molar-refractivity contribution in [1.29, 1.82) is 5.41 Å². The third kappa shape index (κ3) is 6.03. The minimum atomic E-state index is -3.60. The van der Waals surface area contributed by atoms with Crippen LogP contribution in [0.5, 0.6) is 17.2 Å². The molecule has 37 heavy (non-hydrogen) atoms. The highest BCUT2D eigenvalue weighted by molar-refractivity contribution is 8.42. The van der Waals surface area contributed by atoms with Gasteiger partial charge in [-0.25, -0.2) is 8.42 Å². The number of benzene rings is 2. The minimum Gasteiger partial charge on any atom is -0.490 e. The number of aliphatic imine (C=N–C) groups is 1. The molecular weight excluding hydrogens is 516 g/mol. The van der Waals surface area contributed by atoms with Crippen LogP contribution < -0.4 is 14.2 Å². The zero-order valence-corrected chi connectivity index (χ0v) is 22.4. The first kappa shape index (κ1) is 26.4. The van der Waals surface area contributed by atoms with Crippen molar-refractivity contribution in [3.8, 4) is 17.2 Å². The molecule has 10 nitrogen and oxygen atoms in total. The molecule has 0 bridgehead atoms. The molecule has 1 amide bonds. The maximum absolute atomic E-state index is 12.6. The number of ether oxygens (including phenoxy) is 3. The first-order valence-corrected chi connectivity index (χ1v) is 14.1. The number of sulfone groups is 1. The number of carbonyl (C=O) groups is 1. The Labute approximate surface area is 219 Å². The summed E-state index contributed by atoms with van der Waals surface area (Å²) in [5, 5.41) is 13.4. The summed E-state index contributed by atoms with van der Waals surface area (Å²) < 4.78 is 40.9. The second kappa shape index (κ2) is 10.8. The number of hydrogen-bond donors (Lipinski definition) is 1. The predicted octanol–water partition coefficient (Wildman–Crippen LogP) is 3.78. The number of amidine groups is 2. The van der Waals surface area contributed by atoms with Gasteiger partial charge in [0.25, 0.3) is 5.91 Å². The van der Waals surface area contributed by atoms with Crippen LogP contribution in [-0.4, -0.2) is 60.8 Å². The van der Waals surface area contributed by atoms with Crippen molar-refractivity contribution in [1.82, 2.24) is 5.01 Å². The molecule has 0 aliphatic carbocycles. The third-order valence-electron chi connectivity index (χ3n) is 5.27. The monoisotopic (exact) mass is 542 g/mol. The highest BCUT2D eigenvalue weighted by atomic mass is 32.3. The molecular formula is C25H26N4O6S2. The van der Waals surface area contributed by atoms with Crippen LogP contribution >= 0.6 is 11.8 Å². The Balaban J connectivity index is 1.49. The van der Waals surface area contributed by atoms with Crippen molar-refractivity contribution in [2.24, 2.45) is 10.1 Å². The lowest BCUT2D eigenvalue weighted by Crippen LogP contribution is -2.35. The number of hydrogen-bond acceptors (Lipinski definition) is 9. The smallest absolute Gasteiger partial charge is 0.283 e. The lowest BCUT2D eigenvalue weighted by Gasteiger charge is -2.20. The van der Waals surface area contributed by atoms with E-state index in [0.29, 0.717) is 36.9 Å². The first-order valence-electron chi connectivity index (χ1n) is 11.4. The van der Waals surface area contributed by atoms with E-state index < -0.39 is 15.7 Å². The Kier molecular flexibility index (Phi) is 7.69. The van der Waals surface area contributed by atoms with Gasteiger partial charge in [0, 0.05) is 6.26 Å². The number of nitrogens with zero attached hydrogens (tertiary/aromatic N) is 3. The van der Waals surface area contributed by atoms with E-state index in [1.54, 1.807) is 18.2 Å². The van der Waals surface area contributed by atoms with Gasteiger partial charge in [-0.2, -0.15) is 10.0 Å². The van der Waals surface area contributed by atoms with Crippen LogP contribution in [-0.2, 0) is 14.6 Å². The van der Waals surface area contributed by atoms with Crippen LogP contribution in [0, 0.1) is 19.3 Å². The summed E-state index contributed by atoms with van der Waals surface area (Å²) in [6.07, 6.45) is 2.49. The van der Waals surface area contributed by atoms with Gasteiger partial charge in [-0.3, -0.25) is 10.2 Å². The summed E-state index contributed by atoms with van der Waals surface area (Å²) in [5.74, 6) is 0.873. The van der Waals surface area contributed by atoms with E-state index in [-0.39, 0.29) is 21.0 Å². The molecule has 1 N–H and O–H groups in total. The van der Waals surface area contributed by atoms with Crippen molar-refractivity contribution in [3.05, 3.63) is 58.7 Å². The van der Waals surface area contributed by atoms with Crippen LogP contribution in [0.15, 0.2) is 52.1 Å². The van der Waals surface area contributed by atoms with E-state index in [1.165, 1.54) is 6.08 Å². The normalized spacial score (nSPS) is 16.4. The third-order valence-corrected chi connectivity index (χ3v) is 7.85. The van der Waals surface area contributed by atoms with Gasteiger partial charge in [-0.15, -0.1) is 5.10 Å². The van der Waals surface area contributed by atoms with Gasteiger partial charge in [0.1, 0.15) is 19.0 Å². The second-order valence-corrected chi connectivity index (χ2v) is 11.4. The average Bonchev–Trinajstić information content (AvgIpc) is 3.28. The van der Waals surface area contributed by atoms with Crippen molar-refractivity contribution < 1.29 is 27.4 Å². The molecule has 2 aromatic rings. The van der Waals surface area contributed by atoms with Gasteiger partial charge >= 0.3 is 0 Å². The van der Waals surface area contributed by atoms with Gasteiger partial charge in [-0.1, -0.05) is 18.2 Å². The number of hydrazone groups is 1. The summed E-state index contributed by atoms with van der Waals surface area (Å²) in [6.45, 7) is 6.87. The maximum Gasteiger partial charge on any atom is 0.283 e. The molecule has 12 heteroatoms. The molecule has 0 spiro atoms. The van der Waals surface area contributed by atoms with Crippen molar-refractivity contribution in [2.45, 2.75) is 20.8 Å². The fourth-order valence-corrected chi connectivity index (χ4v) is 5.14. The van der Waals surface area contributed by atoms with Crippen molar-refractivity contribution in [2.75, 3.05) is 26.1 Å². The summed E-state index contributed by atoms with van der Waals surface area (Å²) in [5.41, 5.74) is 2.71. The quantitative estimate of drug-likeness (QED) is 0.394. The van der Waals surface area contributed by atoms with Crippen molar-refractivity contribution >= 4 is 49.0 Å². The molecule has 4 rings (SSSR count). The van der Waals surface area contributed by atoms with E-state index in [0.717, 1.165) is 39.9 Å². The van der Waals surface area contributed by atoms with Gasteiger partial charge in [0.2, 0.25) is 19.4 Å². The Morgan fingerprint density at radius 3 is 2.46 bits per heavy atom. The van der Waals surface area contributed by atoms with Crippen LogP contribution in [0.3, 0.4) is 0 Å². The average molecular weight is 543 g/mol. The first-order chi connectivity index (χ1) is 17.6. The van der Waals surface area contributed by atoms with E-state index in [1.807, 2.05) is 39.0 Å². The molecule has 0 unspecified atom stereocenters. The second-order valence-electron chi connectivity index (χ2n) is 8.26. The standard InChI is InChI=1S/C25H26N4O6S2/c1-5-33-21-14-17(8-9-19(21)34-10-11-35-20-12-15(2)6-7-16(20)3)13-18-22(26)29-24(27-23(18)30)36-25(28-29)37(4,31)32/h6-9,12-14,26H,5,10-11H2,1-4H3/b18-13-,26-22?. The van der Waals surface area contributed by atoms with Crippen LogP contribution in [0.4, 0.5) is 0 Å². The molecule has 2 aromatic carbocycles. The Morgan fingerprint density at radius 1 is 1.03 bits per heavy atom. The number of amides is 1. The molecule has 194 valence electrons. The topological polar surface area (TPSA) is 131 Å². The maximum atomic E-state index is 12.6. The Hall–Kier alpha value is -3.64. The van der Waals surface area contributed by atoms with Crippen molar-refractivity contribution in [3.63, 3.8) is 0 Å². The van der Waals surface area contributed by atoms with E-state index >= 15 is 0 Å². The molecule has 0 aromatic heterocycles. The molecule has 0 saturated heterocycles. The zero-order chi connectivity index (χ0) is 26.7. The fourth-order valence-electron chi connectivity index (χ4n) is 3.46. The highest BCUT2D eigenvalue weighted by Gasteiger charge is 2.38. The Bertz CT molecular complexity index is 1460. The molecule has 0 fully saturated rings. The Morgan fingerprint density at radius 2 is 1.76 bits per heavy atom. The molecule has 2 heterocycles. The molecule has 2 aliphatic heterocycles. The predicted molar refractivity (Wildman–Crippen MR) is 144 cm³/mol. The summed E-state index contributed by atoms with van der Waals surface area (Å²) in [4.78, 5) is 16.5. The number of fused-ring (bicyclic) bond motifs is 1. The van der Waals surface area contributed by atoms with Gasteiger partial charge < -0.3 is 14.2 Å². The fraction of sp³-hybridized carbons (Fsp3) is 0.280. The molecule has 2 aliphatic rings. The molecule has 0 atom stereocenters. The van der Waals surface area contributed by atoms with Gasteiger partial charge in [0.15, 0.2) is 17.3 Å². The number of rotatable bonds is 8. The van der Waals surface area contributed by atoms with E-state index in [2.05, 4.69) is 10.1 Å².